The smallest absolute Gasteiger partial charge is 0.198 e. The lowest BCUT2D eigenvalue weighted by atomic mass is 9.96. The highest BCUT2D eigenvalue weighted by Crippen LogP contribution is 2.41. The zero-order chi connectivity index (χ0) is 16.8. The van der Waals surface area contributed by atoms with Crippen molar-refractivity contribution in [1.29, 1.82) is 0 Å². The molecule has 3 rings (SSSR count). The van der Waals surface area contributed by atoms with Crippen molar-refractivity contribution in [1.82, 2.24) is 9.55 Å². The molecule has 1 aromatic rings. The Morgan fingerprint density at radius 2 is 2.26 bits per heavy atom. The molecule has 1 fully saturated rings. The minimum absolute atomic E-state index is 0.155. The minimum Gasteiger partial charge on any atom is -0.387 e. The van der Waals surface area contributed by atoms with Gasteiger partial charge in [-0.1, -0.05) is 0 Å². The highest BCUT2D eigenvalue weighted by atomic mass is 16.6. The molecular weight excluding hydrogens is 306 g/mol. The molecule has 0 radical (unpaired) electrons. The monoisotopic (exact) mass is 327 g/mol. The molecule has 0 saturated carbocycles. The summed E-state index contributed by atoms with van der Waals surface area (Å²) in [5.41, 5.74) is 4.74. The zero-order valence-electron chi connectivity index (χ0n) is 13.1. The summed E-state index contributed by atoms with van der Waals surface area (Å²) >= 11 is 0. The number of nitrogens with one attached hydrogen (secondary N) is 1. The third kappa shape index (κ3) is 2.48. The van der Waals surface area contributed by atoms with E-state index in [1.165, 1.54) is 27.5 Å². The van der Waals surface area contributed by atoms with Crippen LogP contribution in [-0.4, -0.2) is 64.4 Å². The number of hydrogen-bond donors (Lipinski definition) is 4. The average molecular weight is 327 g/mol. The third-order valence-electron chi connectivity index (χ3n) is 4.12. The maximum absolute atomic E-state index is 10.7. The Kier molecular flexibility index (Phi) is 4.02. The molecule has 0 amide bonds. The van der Waals surface area contributed by atoms with Crippen molar-refractivity contribution in [3.05, 3.63) is 12.0 Å². The van der Waals surface area contributed by atoms with Gasteiger partial charge in [-0.05, 0) is 6.92 Å². The Morgan fingerprint density at radius 1 is 1.52 bits per heavy atom. The van der Waals surface area contributed by atoms with E-state index in [0.717, 1.165) is 0 Å². The van der Waals surface area contributed by atoms with E-state index in [9.17, 15) is 10.2 Å². The SMILES string of the molecule is COC[C@H]1O[C@@H](n2cnc3c2NC(N)=NC3OC)[C@](C)(O)[C@@H]1O. The summed E-state index contributed by atoms with van der Waals surface area (Å²) in [4.78, 5) is 8.35. The number of aromatic nitrogens is 2. The molecule has 2 aliphatic heterocycles. The summed E-state index contributed by atoms with van der Waals surface area (Å²) in [6, 6.07) is 0. The van der Waals surface area contributed by atoms with Crippen LogP contribution in [0.5, 0.6) is 0 Å². The number of aliphatic imine (C=N–C) groups is 1. The molecule has 10 heteroatoms. The van der Waals surface area contributed by atoms with Gasteiger partial charge in [0.1, 0.15) is 29.3 Å². The van der Waals surface area contributed by atoms with E-state index in [4.69, 9.17) is 19.9 Å². The van der Waals surface area contributed by atoms with E-state index in [0.29, 0.717) is 11.5 Å². The summed E-state index contributed by atoms with van der Waals surface area (Å²) in [6.07, 6.45) is -1.80. The molecule has 3 heterocycles. The number of methoxy groups -OCH3 is 2. The van der Waals surface area contributed by atoms with E-state index < -0.39 is 30.3 Å². The molecule has 23 heavy (non-hydrogen) atoms. The summed E-state index contributed by atoms with van der Waals surface area (Å²) < 4.78 is 17.6. The Labute approximate surface area is 132 Å². The summed E-state index contributed by atoms with van der Waals surface area (Å²) in [5.74, 6) is 0.664. The number of anilines is 1. The first-order valence-electron chi connectivity index (χ1n) is 7.14. The molecule has 0 aromatic carbocycles. The minimum atomic E-state index is -1.54. The lowest BCUT2D eigenvalue weighted by Gasteiger charge is -2.29. The largest absolute Gasteiger partial charge is 0.387 e. The molecule has 0 bridgehead atoms. The fourth-order valence-electron chi connectivity index (χ4n) is 2.91. The van der Waals surface area contributed by atoms with Gasteiger partial charge in [0, 0.05) is 14.2 Å². The first-order chi connectivity index (χ1) is 10.9. The van der Waals surface area contributed by atoms with Crippen molar-refractivity contribution in [2.45, 2.75) is 37.2 Å². The Balaban J connectivity index is 1.96. The Bertz CT molecular complexity index is 616. The fourth-order valence-corrected chi connectivity index (χ4v) is 2.91. The normalized spacial score (nSPS) is 36.5. The van der Waals surface area contributed by atoms with Gasteiger partial charge in [0.25, 0.3) is 0 Å². The topological polar surface area (TPSA) is 136 Å². The van der Waals surface area contributed by atoms with E-state index in [1.54, 1.807) is 4.57 Å². The predicted molar refractivity (Wildman–Crippen MR) is 79.6 cm³/mol. The second-order valence-electron chi connectivity index (χ2n) is 5.77. The first kappa shape index (κ1) is 16.1. The van der Waals surface area contributed by atoms with Crippen LogP contribution in [0.4, 0.5) is 5.82 Å². The van der Waals surface area contributed by atoms with E-state index >= 15 is 0 Å². The number of aliphatic hydroxyl groups excluding tert-OH is 1. The second kappa shape index (κ2) is 5.73. The van der Waals surface area contributed by atoms with Gasteiger partial charge in [-0.3, -0.25) is 4.57 Å². The van der Waals surface area contributed by atoms with Crippen LogP contribution in [0.1, 0.15) is 25.1 Å². The van der Waals surface area contributed by atoms with Gasteiger partial charge in [0.05, 0.1) is 12.9 Å². The molecule has 10 nitrogen and oxygen atoms in total. The summed E-state index contributed by atoms with van der Waals surface area (Å²) in [7, 11) is 3.00. The van der Waals surface area contributed by atoms with Crippen LogP contribution in [-0.2, 0) is 14.2 Å². The third-order valence-corrected chi connectivity index (χ3v) is 4.12. The van der Waals surface area contributed by atoms with Gasteiger partial charge in [-0.25, -0.2) is 9.98 Å². The number of ether oxygens (including phenoxy) is 3. The molecule has 2 aliphatic rings. The number of fused-ring (bicyclic) bond motifs is 1. The molecule has 0 spiro atoms. The van der Waals surface area contributed by atoms with Crippen molar-refractivity contribution in [2.24, 2.45) is 10.7 Å². The maximum Gasteiger partial charge on any atom is 0.198 e. The molecule has 0 aliphatic carbocycles. The lowest BCUT2D eigenvalue weighted by Crippen LogP contribution is -2.44. The van der Waals surface area contributed by atoms with Crippen LogP contribution in [0.25, 0.3) is 0 Å². The van der Waals surface area contributed by atoms with Crippen LogP contribution >= 0.6 is 0 Å². The molecule has 1 unspecified atom stereocenters. The number of nitrogens with two attached hydrogens (primary N) is 1. The van der Waals surface area contributed by atoms with E-state index in [1.807, 2.05) is 0 Å². The van der Waals surface area contributed by atoms with Crippen molar-refractivity contribution < 1.29 is 24.4 Å². The highest BCUT2D eigenvalue weighted by molar-refractivity contribution is 5.93. The number of nitrogens with zero attached hydrogens (tertiary/aromatic N) is 3. The van der Waals surface area contributed by atoms with Crippen LogP contribution in [0.3, 0.4) is 0 Å². The summed E-state index contributed by atoms with van der Waals surface area (Å²) in [6.45, 7) is 1.65. The van der Waals surface area contributed by atoms with Crippen LogP contribution in [0.2, 0.25) is 0 Å². The number of guanidine groups is 1. The fraction of sp³-hybridized carbons (Fsp3) is 0.692. The van der Waals surface area contributed by atoms with E-state index in [-0.39, 0.29) is 12.6 Å². The molecular formula is C13H21N5O5. The predicted octanol–water partition coefficient (Wildman–Crippen LogP) is -1.08. The number of aliphatic hydroxyl groups is 2. The average Bonchev–Trinajstić information content (AvgIpc) is 3.01. The molecule has 5 atom stereocenters. The number of imidazole rings is 1. The van der Waals surface area contributed by atoms with Crippen LogP contribution in [0, 0.1) is 0 Å². The van der Waals surface area contributed by atoms with Crippen molar-refractivity contribution in [3.8, 4) is 0 Å². The molecule has 128 valence electrons. The maximum atomic E-state index is 10.7. The second-order valence-corrected chi connectivity index (χ2v) is 5.77. The van der Waals surface area contributed by atoms with Gasteiger partial charge < -0.3 is 35.5 Å². The molecule has 5 N–H and O–H groups in total. The van der Waals surface area contributed by atoms with Gasteiger partial charge in [-0.2, -0.15) is 0 Å². The number of hydrogen-bond acceptors (Lipinski definition) is 9. The van der Waals surface area contributed by atoms with Gasteiger partial charge in [-0.15, -0.1) is 0 Å². The highest BCUT2D eigenvalue weighted by Gasteiger charge is 2.53. The van der Waals surface area contributed by atoms with Crippen molar-refractivity contribution in [3.63, 3.8) is 0 Å². The lowest BCUT2D eigenvalue weighted by molar-refractivity contribution is -0.0963. The Morgan fingerprint density at radius 3 is 2.91 bits per heavy atom. The molecule has 1 saturated heterocycles. The van der Waals surface area contributed by atoms with E-state index in [2.05, 4.69) is 15.3 Å². The van der Waals surface area contributed by atoms with Gasteiger partial charge in [0.15, 0.2) is 18.4 Å². The standard InChI is InChI=1S/C13H21N5O5/c1-13(20)8(19)6(4-21-2)23-11(13)18-5-15-7-9(18)16-12(14)17-10(7)22-3/h5-6,8,10-11,19-20H,4H2,1-3H3,(H3,14,16,17)/t6-,8-,10?,11-,13-/m1/s1. The van der Waals surface area contributed by atoms with Gasteiger partial charge >= 0.3 is 0 Å². The van der Waals surface area contributed by atoms with Crippen molar-refractivity contribution >= 4 is 11.8 Å². The summed E-state index contributed by atoms with van der Waals surface area (Å²) in [5, 5.41) is 23.9. The first-order valence-corrected chi connectivity index (χ1v) is 7.14. The number of rotatable bonds is 4. The zero-order valence-corrected chi connectivity index (χ0v) is 13.1. The quantitative estimate of drug-likeness (QED) is 0.548. The molecule has 1 aromatic heterocycles. The van der Waals surface area contributed by atoms with Crippen LogP contribution in [0.15, 0.2) is 11.3 Å². The van der Waals surface area contributed by atoms with Crippen LogP contribution < -0.4 is 11.1 Å². The van der Waals surface area contributed by atoms with Gasteiger partial charge in [0.2, 0.25) is 0 Å². The Hall–Kier alpha value is -1.72. The van der Waals surface area contributed by atoms with Crippen molar-refractivity contribution in [2.75, 3.05) is 26.1 Å².